The molecule has 9 heteroatoms. The van der Waals surface area contributed by atoms with E-state index in [1.165, 1.54) is 12.1 Å². The molecule has 5 aromatic rings. The second-order valence-electron chi connectivity index (χ2n) is 7.35. The van der Waals surface area contributed by atoms with E-state index in [2.05, 4.69) is 31.7 Å². The molecule has 33 heavy (non-hydrogen) atoms. The molecule has 0 saturated heterocycles. The van der Waals surface area contributed by atoms with Crippen LogP contribution in [0.15, 0.2) is 88.2 Å². The molecule has 0 saturated carbocycles. The molecule has 0 atom stereocenters. The predicted molar refractivity (Wildman–Crippen MR) is 130 cm³/mol. The fourth-order valence-electron chi connectivity index (χ4n) is 3.63. The van der Waals surface area contributed by atoms with Gasteiger partial charge in [-0.15, -0.1) is 0 Å². The van der Waals surface area contributed by atoms with Crippen LogP contribution in [0.1, 0.15) is 11.1 Å². The van der Waals surface area contributed by atoms with Gasteiger partial charge in [-0.2, -0.15) is 5.26 Å². The van der Waals surface area contributed by atoms with E-state index in [9.17, 15) is 13.7 Å². The topological polar surface area (TPSA) is 101 Å². The lowest BCUT2D eigenvalue weighted by Gasteiger charge is -2.13. The molecule has 0 aliphatic carbocycles. The van der Waals surface area contributed by atoms with Crippen molar-refractivity contribution >= 4 is 54.0 Å². The van der Waals surface area contributed by atoms with Gasteiger partial charge in [-0.3, -0.25) is 4.72 Å². The second-order valence-corrected chi connectivity index (χ2v) is 9.95. The van der Waals surface area contributed by atoms with Crippen molar-refractivity contribution < 1.29 is 8.42 Å². The molecule has 7 nitrogen and oxygen atoms in total. The summed E-state index contributed by atoms with van der Waals surface area (Å²) in [6, 6.07) is 25.3. The molecule has 0 amide bonds. The summed E-state index contributed by atoms with van der Waals surface area (Å²) in [6.45, 7) is 0.310. The Kier molecular flexibility index (Phi) is 5.32. The minimum absolute atomic E-state index is 0.0807. The Labute approximate surface area is 198 Å². The number of hydrogen-bond acceptors (Lipinski definition) is 5. The lowest BCUT2D eigenvalue weighted by Crippen LogP contribution is -2.17. The van der Waals surface area contributed by atoms with Gasteiger partial charge in [0.2, 0.25) is 0 Å². The third-order valence-electron chi connectivity index (χ3n) is 5.20. The maximum absolute atomic E-state index is 13.2. The van der Waals surface area contributed by atoms with Gasteiger partial charge in [0, 0.05) is 4.47 Å². The molecule has 5 rings (SSSR count). The highest BCUT2D eigenvalue weighted by Gasteiger charge is 2.25. The molecule has 0 bridgehead atoms. The number of nitrogens with zero attached hydrogens (tertiary/aromatic N) is 4. The van der Waals surface area contributed by atoms with Gasteiger partial charge in [0.15, 0.2) is 5.65 Å². The number of sulfonamides is 1. The third-order valence-corrected chi connectivity index (χ3v) is 7.09. The average molecular weight is 518 g/mol. The number of nitrogens with one attached hydrogen (secondary N) is 1. The molecule has 0 aliphatic heterocycles. The summed E-state index contributed by atoms with van der Waals surface area (Å²) in [5.41, 5.74) is 3.12. The molecule has 0 fully saturated rings. The van der Waals surface area contributed by atoms with Crippen LogP contribution in [0, 0.1) is 11.3 Å². The molecule has 0 radical (unpaired) electrons. The molecule has 162 valence electrons. The first kappa shape index (κ1) is 21.1. The molecule has 0 unspecified atom stereocenters. The summed E-state index contributed by atoms with van der Waals surface area (Å²) < 4.78 is 31.5. The number of rotatable bonds is 5. The maximum atomic E-state index is 13.2. The second kappa shape index (κ2) is 8.31. The Balaban J connectivity index is 1.75. The van der Waals surface area contributed by atoms with Crippen molar-refractivity contribution in [3.8, 4) is 6.07 Å². The number of anilines is 1. The quantitative estimate of drug-likeness (QED) is 0.350. The standard InChI is InChI=1S/C24H16BrN5O2S/c25-17-10-12-18(13-11-17)33(31,32)29-23-19(14-26)22-24(28-21-9-5-4-8-20(21)27-22)30(23)15-16-6-2-1-3-7-16/h1-13,29H,15H2. The summed E-state index contributed by atoms with van der Waals surface area (Å²) in [5.74, 6) is 0.134. The van der Waals surface area contributed by atoms with Crippen molar-refractivity contribution in [2.45, 2.75) is 11.4 Å². The van der Waals surface area contributed by atoms with Crippen molar-refractivity contribution in [3.05, 3.63) is 94.5 Å². The number of benzene rings is 3. The highest BCUT2D eigenvalue weighted by molar-refractivity contribution is 9.10. The highest BCUT2D eigenvalue weighted by Crippen LogP contribution is 2.32. The van der Waals surface area contributed by atoms with Crippen LogP contribution in [-0.4, -0.2) is 23.0 Å². The van der Waals surface area contributed by atoms with E-state index < -0.39 is 10.0 Å². The van der Waals surface area contributed by atoms with E-state index >= 15 is 0 Å². The zero-order valence-corrected chi connectivity index (χ0v) is 19.5. The lowest BCUT2D eigenvalue weighted by molar-refractivity contribution is 0.600. The van der Waals surface area contributed by atoms with Crippen LogP contribution in [0.5, 0.6) is 0 Å². The van der Waals surface area contributed by atoms with E-state index in [0.717, 1.165) is 10.0 Å². The van der Waals surface area contributed by atoms with Crippen molar-refractivity contribution in [3.63, 3.8) is 0 Å². The molecule has 0 aliphatic rings. The summed E-state index contributed by atoms with van der Waals surface area (Å²) in [6.07, 6.45) is 0. The van der Waals surface area contributed by atoms with Gasteiger partial charge in [0.25, 0.3) is 10.0 Å². The minimum Gasteiger partial charge on any atom is -0.305 e. The van der Waals surface area contributed by atoms with Gasteiger partial charge in [-0.1, -0.05) is 58.4 Å². The number of halogens is 1. The van der Waals surface area contributed by atoms with E-state index in [4.69, 9.17) is 4.98 Å². The summed E-state index contributed by atoms with van der Waals surface area (Å²) in [7, 11) is -3.97. The molecule has 0 spiro atoms. The molecule has 2 heterocycles. The minimum atomic E-state index is -3.97. The van der Waals surface area contributed by atoms with Crippen molar-refractivity contribution in [1.29, 1.82) is 5.26 Å². The first-order chi connectivity index (χ1) is 16.0. The molecule has 3 aromatic carbocycles. The maximum Gasteiger partial charge on any atom is 0.263 e. The van der Waals surface area contributed by atoms with Crippen molar-refractivity contribution in [2.24, 2.45) is 0 Å². The van der Waals surface area contributed by atoms with E-state index in [1.54, 1.807) is 16.7 Å². The Morgan fingerprint density at radius 3 is 2.21 bits per heavy atom. The van der Waals surface area contributed by atoms with Crippen LogP contribution in [-0.2, 0) is 16.6 Å². The zero-order chi connectivity index (χ0) is 23.0. The number of aromatic nitrogens is 3. The largest absolute Gasteiger partial charge is 0.305 e. The van der Waals surface area contributed by atoms with Crippen LogP contribution >= 0.6 is 15.9 Å². The van der Waals surface area contributed by atoms with E-state index in [0.29, 0.717) is 28.7 Å². The monoisotopic (exact) mass is 517 g/mol. The number of hydrogen-bond donors (Lipinski definition) is 1. The SMILES string of the molecule is N#Cc1c(NS(=O)(=O)c2ccc(Br)cc2)n(Cc2ccccc2)c2nc3ccccc3nc12. The van der Waals surface area contributed by atoms with E-state index in [1.807, 2.05) is 54.6 Å². The van der Waals surface area contributed by atoms with Crippen LogP contribution in [0.25, 0.3) is 22.2 Å². The van der Waals surface area contributed by atoms with E-state index in [-0.39, 0.29) is 16.3 Å². The number of nitriles is 1. The Bertz CT molecular complexity index is 1640. The Hall–Kier alpha value is -3.74. The van der Waals surface area contributed by atoms with Gasteiger partial charge in [-0.05, 0) is 42.0 Å². The number of para-hydroxylation sites is 2. The summed E-state index contributed by atoms with van der Waals surface area (Å²) in [4.78, 5) is 9.45. The van der Waals surface area contributed by atoms with Crippen LogP contribution in [0.2, 0.25) is 0 Å². The van der Waals surface area contributed by atoms with Gasteiger partial charge in [0.05, 0.1) is 22.5 Å². The average Bonchev–Trinajstić information content (AvgIpc) is 3.09. The number of fused-ring (bicyclic) bond motifs is 2. The lowest BCUT2D eigenvalue weighted by atomic mass is 10.2. The zero-order valence-electron chi connectivity index (χ0n) is 17.1. The first-order valence-electron chi connectivity index (χ1n) is 9.97. The van der Waals surface area contributed by atoms with Crippen LogP contribution in [0.3, 0.4) is 0 Å². The molecule has 1 N–H and O–H groups in total. The summed E-state index contributed by atoms with van der Waals surface area (Å²) >= 11 is 3.32. The normalized spacial score (nSPS) is 11.5. The van der Waals surface area contributed by atoms with Crippen molar-refractivity contribution in [1.82, 2.24) is 14.5 Å². The molecular formula is C24H16BrN5O2S. The molecular weight excluding hydrogens is 502 g/mol. The predicted octanol–water partition coefficient (Wildman–Crippen LogP) is 5.07. The fraction of sp³-hybridized carbons (Fsp3) is 0.0417. The summed E-state index contributed by atoms with van der Waals surface area (Å²) in [5, 5.41) is 10.00. The van der Waals surface area contributed by atoms with Crippen LogP contribution < -0.4 is 4.72 Å². The van der Waals surface area contributed by atoms with Gasteiger partial charge >= 0.3 is 0 Å². The Morgan fingerprint density at radius 2 is 1.55 bits per heavy atom. The smallest absolute Gasteiger partial charge is 0.263 e. The molecule has 2 aromatic heterocycles. The Morgan fingerprint density at radius 1 is 0.909 bits per heavy atom. The van der Waals surface area contributed by atoms with Gasteiger partial charge < -0.3 is 4.57 Å². The fourth-order valence-corrected chi connectivity index (χ4v) is 4.97. The highest BCUT2D eigenvalue weighted by atomic mass is 79.9. The van der Waals surface area contributed by atoms with Gasteiger partial charge in [0.1, 0.15) is 23.0 Å². The van der Waals surface area contributed by atoms with Gasteiger partial charge in [-0.25, -0.2) is 18.4 Å². The van der Waals surface area contributed by atoms with Crippen molar-refractivity contribution in [2.75, 3.05) is 4.72 Å². The van der Waals surface area contributed by atoms with Crippen LogP contribution in [0.4, 0.5) is 5.82 Å². The first-order valence-corrected chi connectivity index (χ1v) is 12.3. The third kappa shape index (κ3) is 3.95.